The first-order chi connectivity index (χ1) is 12.7. The molecule has 150 valence electrons. The Balaban J connectivity index is 2.24. The van der Waals surface area contributed by atoms with E-state index < -0.39 is 23.5 Å². The number of halogens is 7. The summed E-state index contributed by atoms with van der Waals surface area (Å²) >= 11 is 6.44. The molecular weight excluding hydrogens is 404 g/mol. The zero-order valence-corrected chi connectivity index (χ0v) is 15.9. The van der Waals surface area contributed by atoms with Crippen molar-refractivity contribution in [3.8, 4) is 11.1 Å². The molecule has 1 N–H and O–H groups in total. The first-order valence-corrected chi connectivity index (χ1v) is 8.67. The van der Waals surface area contributed by atoms with Gasteiger partial charge in [-0.2, -0.15) is 26.3 Å². The van der Waals surface area contributed by atoms with Crippen LogP contribution in [0.5, 0.6) is 0 Å². The van der Waals surface area contributed by atoms with Crippen molar-refractivity contribution in [2.24, 2.45) is 0 Å². The van der Waals surface area contributed by atoms with Gasteiger partial charge < -0.3 is 5.32 Å². The third-order valence-corrected chi connectivity index (χ3v) is 4.86. The molecule has 28 heavy (non-hydrogen) atoms. The molecule has 0 radical (unpaired) electrons. The number of allylic oxidation sites excluding steroid dienone is 1. The Morgan fingerprint density at radius 1 is 0.893 bits per heavy atom. The van der Waals surface area contributed by atoms with E-state index in [-0.39, 0.29) is 27.8 Å². The SMILES string of the molecule is CC1=CC(C)(C)Nc2ccc(-c3cc(C(F)(F)F)cc(C(F)(F)F)c3)c(Cl)c21. The van der Waals surface area contributed by atoms with E-state index in [2.05, 4.69) is 5.32 Å². The lowest BCUT2D eigenvalue weighted by molar-refractivity contribution is -0.143. The van der Waals surface area contributed by atoms with Crippen molar-refractivity contribution >= 4 is 22.9 Å². The number of hydrogen-bond acceptors (Lipinski definition) is 1. The van der Waals surface area contributed by atoms with Gasteiger partial charge >= 0.3 is 12.4 Å². The summed E-state index contributed by atoms with van der Waals surface area (Å²) in [6, 6.07) is 4.51. The summed E-state index contributed by atoms with van der Waals surface area (Å²) < 4.78 is 78.9. The van der Waals surface area contributed by atoms with Crippen molar-refractivity contribution in [3.63, 3.8) is 0 Å². The Hall–Kier alpha value is -2.15. The van der Waals surface area contributed by atoms with E-state index in [0.29, 0.717) is 23.4 Å². The Labute approximate surface area is 163 Å². The second kappa shape index (κ2) is 6.44. The molecule has 8 heteroatoms. The van der Waals surface area contributed by atoms with Gasteiger partial charge in [-0.1, -0.05) is 23.7 Å². The fourth-order valence-corrected chi connectivity index (χ4v) is 3.82. The van der Waals surface area contributed by atoms with Gasteiger partial charge in [-0.3, -0.25) is 0 Å². The highest BCUT2D eigenvalue weighted by molar-refractivity contribution is 6.35. The van der Waals surface area contributed by atoms with Gasteiger partial charge in [0.1, 0.15) is 0 Å². The predicted octanol–water partition coefficient (Wildman–Crippen LogP) is 7.65. The average Bonchev–Trinajstić information content (AvgIpc) is 2.51. The molecule has 1 heterocycles. The lowest BCUT2D eigenvalue weighted by Crippen LogP contribution is -2.31. The molecule has 2 aromatic rings. The van der Waals surface area contributed by atoms with Gasteiger partial charge in [-0.25, -0.2) is 0 Å². The van der Waals surface area contributed by atoms with Crippen molar-refractivity contribution < 1.29 is 26.3 Å². The van der Waals surface area contributed by atoms with Gasteiger partial charge in [0.2, 0.25) is 0 Å². The van der Waals surface area contributed by atoms with Gasteiger partial charge in [-0.05, 0) is 56.2 Å². The molecule has 0 aromatic heterocycles. The minimum atomic E-state index is -4.92. The van der Waals surface area contributed by atoms with E-state index in [0.717, 1.165) is 5.57 Å². The standard InChI is InChI=1S/C20H16ClF6N/c1-10-9-18(2,3)28-15-5-4-14(17(21)16(10)15)11-6-12(19(22,23)24)8-13(7-11)20(25,26)27/h4-9,28H,1-3H3. The summed E-state index contributed by atoms with van der Waals surface area (Å²) in [5.74, 6) is 0. The van der Waals surface area contributed by atoms with Crippen LogP contribution in [0.2, 0.25) is 5.02 Å². The van der Waals surface area contributed by atoms with Gasteiger partial charge in [0.05, 0.1) is 21.7 Å². The van der Waals surface area contributed by atoms with E-state index in [1.165, 1.54) is 6.07 Å². The number of anilines is 1. The maximum atomic E-state index is 13.2. The summed E-state index contributed by atoms with van der Waals surface area (Å²) in [6.45, 7) is 5.66. The van der Waals surface area contributed by atoms with E-state index in [1.807, 2.05) is 19.9 Å². The number of alkyl halides is 6. The fraction of sp³-hybridized carbons (Fsp3) is 0.300. The van der Waals surface area contributed by atoms with Crippen LogP contribution in [0.3, 0.4) is 0 Å². The van der Waals surface area contributed by atoms with Crippen LogP contribution in [0.25, 0.3) is 16.7 Å². The lowest BCUT2D eigenvalue weighted by atomic mass is 9.88. The van der Waals surface area contributed by atoms with E-state index >= 15 is 0 Å². The maximum Gasteiger partial charge on any atom is 0.416 e. The molecule has 0 saturated carbocycles. The first-order valence-electron chi connectivity index (χ1n) is 8.29. The molecule has 0 atom stereocenters. The highest BCUT2D eigenvalue weighted by atomic mass is 35.5. The van der Waals surface area contributed by atoms with Crippen molar-refractivity contribution in [2.75, 3.05) is 5.32 Å². The zero-order chi connectivity index (χ0) is 21.1. The third-order valence-electron chi connectivity index (χ3n) is 4.47. The molecule has 1 nitrogen and oxygen atoms in total. The summed E-state index contributed by atoms with van der Waals surface area (Å²) in [6.07, 6.45) is -7.94. The van der Waals surface area contributed by atoms with Crippen LogP contribution in [0.1, 0.15) is 37.5 Å². The fourth-order valence-electron chi connectivity index (χ4n) is 3.40. The van der Waals surface area contributed by atoms with Crippen molar-refractivity contribution in [2.45, 2.75) is 38.7 Å². The van der Waals surface area contributed by atoms with E-state index in [4.69, 9.17) is 11.6 Å². The molecule has 0 unspecified atom stereocenters. The smallest absolute Gasteiger partial charge is 0.376 e. The number of rotatable bonds is 1. The molecule has 1 aliphatic heterocycles. The summed E-state index contributed by atoms with van der Waals surface area (Å²) in [7, 11) is 0. The van der Waals surface area contributed by atoms with Gasteiger partial charge in [0.15, 0.2) is 0 Å². The van der Waals surface area contributed by atoms with E-state index in [9.17, 15) is 26.3 Å². The molecule has 0 aliphatic carbocycles. The Morgan fingerprint density at radius 3 is 1.93 bits per heavy atom. The van der Waals surface area contributed by atoms with Crippen LogP contribution in [-0.4, -0.2) is 5.54 Å². The average molecular weight is 420 g/mol. The van der Waals surface area contributed by atoms with Crippen molar-refractivity contribution in [1.29, 1.82) is 0 Å². The maximum absolute atomic E-state index is 13.2. The van der Waals surface area contributed by atoms with Crippen molar-refractivity contribution in [3.05, 3.63) is 58.1 Å². The molecule has 0 spiro atoms. The number of hydrogen-bond donors (Lipinski definition) is 1. The lowest BCUT2D eigenvalue weighted by Gasteiger charge is -2.32. The first kappa shape index (κ1) is 20.6. The predicted molar refractivity (Wildman–Crippen MR) is 98.2 cm³/mol. The molecule has 0 amide bonds. The second-order valence-corrected chi connectivity index (χ2v) is 7.70. The molecule has 0 bridgehead atoms. The quantitative estimate of drug-likeness (QED) is 0.468. The molecule has 1 aliphatic rings. The summed E-state index contributed by atoms with van der Waals surface area (Å²) in [5, 5.41) is 3.34. The highest BCUT2D eigenvalue weighted by Crippen LogP contribution is 2.45. The van der Waals surface area contributed by atoms with Crippen LogP contribution in [0.15, 0.2) is 36.4 Å². The van der Waals surface area contributed by atoms with Crippen LogP contribution < -0.4 is 5.32 Å². The molecule has 2 aromatic carbocycles. The molecule has 0 fully saturated rings. The summed E-state index contributed by atoms with van der Waals surface area (Å²) in [5.41, 5.74) is -1.24. The van der Waals surface area contributed by atoms with E-state index in [1.54, 1.807) is 13.0 Å². The third kappa shape index (κ3) is 3.85. The number of benzene rings is 2. The van der Waals surface area contributed by atoms with Gasteiger partial charge in [-0.15, -0.1) is 0 Å². The van der Waals surface area contributed by atoms with Gasteiger partial charge in [0.25, 0.3) is 0 Å². The Morgan fingerprint density at radius 2 is 1.43 bits per heavy atom. The normalized spacial score (nSPS) is 16.3. The van der Waals surface area contributed by atoms with Crippen molar-refractivity contribution in [1.82, 2.24) is 0 Å². The van der Waals surface area contributed by atoms with Gasteiger partial charge in [0, 0.05) is 16.8 Å². The zero-order valence-electron chi connectivity index (χ0n) is 15.1. The second-order valence-electron chi connectivity index (χ2n) is 7.32. The van der Waals surface area contributed by atoms with Crippen LogP contribution in [-0.2, 0) is 12.4 Å². The molecule has 3 rings (SSSR count). The molecule has 0 saturated heterocycles. The minimum Gasteiger partial charge on any atom is -0.376 e. The van der Waals surface area contributed by atoms with Crippen LogP contribution in [0.4, 0.5) is 32.0 Å². The number of fused-ring (bicyclic) bond motifs is 1. The minimum absolute atomic E-state index is 0.0988. The number of nitrogens with one attached hydrogen (secondary N) is 1. The van der Waals surface area contributed by atoms with Crippen LogP contribution >= 0.6 is 11.6 Å². The molecular formula is C20H16ClF6N. The Kier molecular flexibility index (Phi) is 4.73. The summed E-state index contributed by atoms with van der Waals surface area (Å²) in [4.78, 5) is 0. The highest BCUT2D eigenvalue weighted by Gasteiger charge is 2.37. The topological polar surface area (TPSA) is 12.0 Å². The largest absolute Gasteiger partial charge is 0.416 e. The monoisotopic (exact) mass is 419 g/mol. The Bertz CT molecular complexity index is 938. The van der Waals surface area contributed by atoms with Crippen LogP contribution in [0, 0.1) is 0 Å².